The molecule has 1 aliphatic rings. The number of amides is 1. The number of carbonyl (C=O) groups is 1. The molecule has 1 aliphatic heterocycles. The highest BCUT2D eigenvalue weighted by molar-refractivity contribution is 7.21. The number of anilines is 1. The molecule has 0 saturated carbocycles. The Morgan fingerprint density at radius 2 is 2.07 bits per heavy atom. The Bertz CT molecular complexity index is 888. The third-order valence-electron chi connectivity index (χ3n) is 5.12. The summed E-state index contributed by atoms with van der Waals surface area (Å²) in [5.41, 5.74) is 3.39. The fourth-order valence-electron chi connectivity index (χ4n) is 3.48. The molecule has 1 amide bonds. The van der Waals surface area contributed by atoms with Crippen LogP contribution < -0.4 is 10.2 Å². The van der Waals surface area contributed by atoms with Crippen molar-refractivity contribution in [2.75, 3.05) is 18.0 Å². The zero-order valence-corrected chi connectivity index (χ0v) is 16.3. The second kappa shape index (κ2) is 8.05. The van der Waals surface area contributed by atoms with Crippen molar-refractivity contribution in [3.8, 4) is 0 Å². The van der Waals surface area contributed by atoms with Crippen molar-refractivity contribution in [3.63, 3.8) is 0 Å². The summed E-state index contributed by atoms with van der Waals surface area (Å²) < 4.78 is 0. The van der Waals surface area contributed by atoms with Gasteiger partial charge in [-0.15, -0.1) is 0 Å². The van der Waals surface area contributed by atoms with Crippen LogP contribution in [0.1, 0.15) is 30.9 Å². The van der Waals surface area contributed by atoms with Crippen molar-refractivity contribution in [3.05, 3.63) is 53.7 Å². The van der Waals surface area contributed by atoms with Gasteiger partial charge in [0.05, 0.1) is 5.92 Å². The molecule has 1 unspecified atom stereocenters. The topological polar surface area (TPSA) is 58.1 Å². The number of fused-ring (bicyclic) bond motifs is 1. The Morgan fingerprint density at radius 1 is 1.26 bits per heavy atom. The number of nitrogens with zero attached hydrogens (tertiary/aromatic N) is 3. The van der Waals surface area contributed by atoms with Gasteiger partial charge in [0.15, 0.2) is 5.13 Å². The molecule has 3 heterocycles. The van der Waals surface area contributed by atoms with Gasteiger partial charge in [-0.2, -0.15) is 0 Å². The van der Waals surface area contributed by atoms with Crippen LogP contribution in [-0.2, 0) is 17.8 Å². The van der Waals surface area contributed by atoms with Crippen LogP contribution in [0.3, 0.4) is 0 Å². The molecule has 2 aromatic heterocycles. The predicted molar refractivity (Wildman–Crippen MR) is 110 cm³/mol. The summed E-state index contributed by atoms with van der Waals surface area (Å²) in [5.74, 6) is 0.146. The quantitative estimate of drug-likeness (QED) is 0.732. The van der Waals surface area contributed by atoms with Crippen molar-refractivity contribution in [2.24, 2.45) is 5.92 Å². The van der Waals surface area contributed by atoms with Crippen LogP contribution in [0, 0.1) is 5.92 Å². The van der Waals surface area contributed by atoms with E-state index in [0.29, 0.717) is 6.54 Å². The summed E-state index contributed by atoms with van der Waals surface area (Å²) in [6.07, 6.45) is 4.77. The van der Waals surface area contributed by atoms with Gasteiger partial charge in [0.1, 0.15) is 10.3 Å². The number of piperidine rings is 1. The van der Waals surface area contributed by atoms with Crippen LogP contribution in [0.5, 0.6) is 0 Å². The summed E-state index contributed by atoms with van der Waals surface area (Å²) in [6, 6.07) is 12.3. The average molecular weight is 381 g/mol. The maximum absolute atomic E-state index is 12.7. The number of thiazole rings is 1. The van der Waals surface area contributed by atoms with E-state index in [0.717, 1.165) is 53.4 Å². The maximum Gasteiger partial charge on any atom is 0.225 e. The second-order valence-corrected chi connectivity index (χ2v) is 7.95. The van der Waals surface area contributed by atoms with E-state index in [1.807, 2.05) is 12.1 Å². The molecule has 1 fully saturated rings. The van der Waals surface area contributed by atoms with E-state index in [9.17, 15) is 4.79 Å². The van der Waals surface area contributed by atoms with Crippen molar-refractivity contribution >= 4 is 32.7 Å². The molecule has 27 heavy (non-hydrogen) atoms. The maximum atomic E-state index is 12.7. The second-order valence-electron chi connectivity index (χ2n) is 7.00. The van der Waals surface area contributed by atoms with E-state index < -0.39 is 0 Å². The minimum Gasteiger partial charge on any atom is -0.352 e. The van der Waals surface area contributed by atoms with Crippen LogP contribution in [0.2, 0.25) is 0 Å². The lowest BCUT2D eigenvalue weighted by molar-refractivity contribution is -0.125. The monoisotopic (exact) mass is 380 g/mol. The number of aromatic nitrogens is 2. The number of pyridine rings is 1. The van der Waals surface area contributed by atoms with E-state index >= 15 is 0 Å². The van der Waals surface area contributed by atoms with E-state index in [2.05, 4.69) is 46.4 Å². The Morgan fingerprint density at radius 3 is 2.85 bits per heavy atom. The number of benzene rings is 1. The first-order chi connectivity index (χ1) is 13.2. The van der Waals surface area contributed by atoms with Crippen molar-refractivity contribution in [2.45, 2.75) is 32.7 Å². The van der Waals surface area contributed by atoms with Crippen molar-refractivity contribution < 1.29 is 4.79 Å². The highest BCUT2D eigenvalue weighted by atomic mass is 32.1. The molecular formula is C21H24N4OS. The van der Waals surface area contributed by atoms with E-state index in [4.69, 9.17) is 4.98 Å². The molecule has 3 aromatic rings. The molecule has 6 heteroatoms. The lowest BCUT2D eigenvalue weighted by atomic mass is 9.97. The van der Waals surface area contributed by atoms with Gasteiger partial charge >= 0.3 is 0 Å². The van der Waals surface area contributed by atoms with E-state index in [-0.39, 0.29) is 11.8 Å². The molecule has 1 N–H and O–H groups in total. The molecule has 1 saturated heterocycles. The summed E-state index contributed by atoms with van der Waals surface area (Å²) in [4.78, 5) is 24.9. The zero-order valence-electron chi connectivity index (χ0n) is 15.5. The average Bonchev–Trinajstić information content (AvgIpc) is 3.17. The molecule has 1 aromatic carbocycles. The Labute approximate surface area is 163 Å². The molecule has 0 bridgehead atoms. The fourth-order valence-corrected chi connectivity index (χ4v) is 4.43. The summed E-state index contributed by atoms with van der Waals surface area (Å²) >= 11 is 1.60. The van der Waals surface area contributed by atoms with Crippen LogP contribution >= 0.6 is 11.3 Å². The van der Waals surface area contributed by atoms with Gasteiger partial charge in [-0.1, -0.05) is 42.5 Å². The minimum atomic E-state index is 0.00800. The smallest absolute Gasteiger partial charge is 0.225 e. The predicted octanol–water partition coefficient (Wildman–Crippen LogP) is 3.79. The molecule has 5 nitrogen and oxygen atoms in total. The Hall–Kier alpha value is -2.47. The Kier molecular flexibility index (Phi) is 5.34. The summed E-state index contributed by atoms with van der Waals surface area (Å²) in [6.45, 7) is 4.40. The highest BCUT2D eigenvalue weighted by Crippen LogP contribution is 2.30. The van der Waals surface area contributed by atoms with Gasteiger partial charge in [0.2, 0.25) is 5.91 Å². The van der Waals surface area contributed by atoms with Gasteiger partial charge in [-0.05, 0) is 42.5 Å². The first-order valence-corrected chi connectivity index (χ1v) is 10.4. The molecule has 0 spiro atoms. The van der Waals surface area contributed by atoms with Crippen LogP contribution in [0.4, 0.5) is 5.13 Å². The van der Waals surface area contributed by atoms with Gasteiger partial charge in [-0.25, -0.2) is 9.97 Å². The third-order valence-corrected chi connectivity index (χ3v) is 6.16. The summed E-state index contributed by atoms with van der Waals surface area (Å²) in [7, 11) is 0. The van der Waals surface area contributed by atoms with Gasteiger partial charge in [0.25, 0.3) is 0 Å². The zero-order chi connectivity index (χ0) is 18.6. The molecule has 0 radical (unpaired) electrons. The standard InChI is InChI=1S/C21H24N4OS/c1-2-15-7-9-16(10-8-15)13-23-19(26)17-5-4-12-25(14-17)21-24-18-6-3-11-22-20(18)27-21/h3,6-11,17H,2,4-5,12-14H2,1H3,(H,23,26). The molecule has 4 rings (SSSR count). The molecule has 0 aliphatic carbocycles. The van der Waals surface area contributed by atoms with Gasteiger partial charge in [0, 0.05) is 25.8 Å². The third kappa shape index (κ3) is 4.11. The lowest BCUT2D eigenvalue weighted by Gasteiger charge is -2.31. The number of hydrogen-bond donors (Lipinski definition) is 1. The van der Waals surface area contributed by atoms with Gasteiger partial charge in [-0.3, -0.25) is 4.79 Å². The first-order valence-electron chi connectivity index (χ1n) is 9.55. The number of aryl methyl sites for hydroxylation is 1. The van der Waals surface area contributed by atoms with E-state index in [1.54, 1.807) is 17.5 Å². The van der Waals surface area contributed by atoms with Crippen LogP contribution in [0.15, 0.2) is 42.6 Å². The molecule has 140 valence electrons. The van der Waals surface area contributed by atoms with Crippen molar-refractivity contribution in [1.29, 1.82) is 0 Å². The van der Waals surface area contributed by atoms with Crippen LogP contribution in [-0.4, -0.2) is 29.0 Å². The lowest BCUT2D eigenvalue weighted by Crippen LogP contribution is -2.42. The largest absolute Gasteiger partial charge is 0.352 e. The fraction of sp³-hybridized carbons (Fsp3) is 0.381. The normalized spacial score (nSPS) is 17.2. The molecular weight excluding hydrogens is 356 g/mol. The molecule has 1 atom stereocenters. The van der Waals surface area contributed by atoms with Crippen molar-refractivity contribution in [1.82, 2.24) is 15.3 Å². The number of rotatable bonds is 5. The number of nitrogens with one attached hydrogen (secondary N) is 1. The number of carbonyl (C=O) groups excluding carboxylic acids is 1. The number of hydrogen-bond acceptors (Lipinski definition) is 5. The minimum absolute atomic E-state index is 0.00800. The highest BCUT2D eigenvalue weighted by Gasteiger charge is 2.27. The SMILES string of the molecule is CCc1ccc(CNC(=O)C2CCCN(c3nc4cccnc4s3)C2)cc1. The Balaban J connectivity index is 1.37. The summed E-state index contributed by atoms with van der Waals surface area (Å²) in [5, 5.41) is 4.08. The van der Waals surface area contributed by atoms with E-state index in [1.165, 1.54) is 5.56 Å². The first kappa shape index (κ1) is 17.9. The van der Waals surface area contributed by atoms with Crippen LogP contribution in [0.25, 0.3) is 10.3 Å². The van der Waals surface area contributed by atoms with Gasteiger partial charge < -0.3 is 10.2 Å².